The summed E-state index contributed by atoms with van der Waals surface area (Å²) in [7, 11) is 0. The molecule has 37 heavy (non-hydrogen) atoms. The summed E-state index contributed by atoms with van der Waals surface area (Å²) in [6.07, 6.45) is 9.09. The van der Waals surface area contributed by atoms with Crippen LogP contribution in [0.5, 0.6) is 0 Å². The molecular formula is C27H30N8O2. The number of nitrogens with zero attached hydrogens (tertiary/aromatic N) is 7. The van der Waals surface area contributed by atoms with Gasteiger partial charge in [-0.05, 0) is 41.7 Å². The number of fused-ring (bicyclic) bond motifs is 1. The first kappa shape index (κ1) is 24.4. The lowest BCUT2D eigenvalue weighted by atomic mass is 9.96. The maximum atomic E-state index is 12.0. The van der Waals surface area contributed by atoms with Gasteiger partial charge in [0.1, 0.15) is 0 Å². The number of primary amides is 1. The number of carbonyl (C=O) groups is 1. The smallest absolute Gasteiger partial charge is 0.248 e. The highest BCUT2D eigenvalue weighted by Crippen LogP contribution is 2.32. The normalized spacial score (nSPS) is 11.8. The van der Waals surface area contributed by atoms with Crippen molar-refractivity contribution < 1.29 is 9.90 Å². The Hall–Kier alpha value is -4.31. The zero-order valence-corrected chi connectivity index (χ0v) is 21.3. The average Bonchev–Trinajstić information content (AvgIpc) is 3.62. The van der Waals surface area contributed by atoms with Crippen LogP contribution in [-0.2, 0) is 6.54 Å². The third-order valence-electron chi connectivity index (χ3n) is 6.41. The van der Waals surface area contributed by atoms with E-state index in [2.05, 4.69) is 23.9 Å². The van der Waals surface area contributed by atoms with E-state index in [1.165, 1.54) is 0 Å². The standard InChI is InChI=1S/C27H30N8O2/c1-16(2)21-11-19(5-6-20(21)26(28)37)35-27-24(25(32-35)17(3)4)23(7-8-29-27)33-14-22(30-15-33)18-12-31-34(13-18)9-10-36/h5-8,11-17,36H,9-10H2,1-4H3,(H2,28,37). The van der Waals surface area contributed by atoms with Crippen LogP contribution in [0.1, 0.15) is 61.1 Å². The monoisotopic (exact) mass is 498 g/mol. The van der Waals surface area contributed by atoms with Crippen LogP contribution in [0, 0.1) is 0 Å². The van der Waals surface area contributed by atoms with Gasteiger partial charge in [0.15, 0.2) is 5.65 Å². The van der Waals surface area contributed by atoms with Gasteiger partial charge < -0.3 is 15.4 Å². The second-order valence-corrected chi connectivity index (χ2v) is 9.65. The molecule has 0 spiro atoms. The van der Waals surface area contributed by atoms with E-state index in [1.807, 2.05) is 53.7 Å². The summed E-state index contributed by atoms with van der Waals surface area (Å²) in [4.78, 5) is 21.3. The van der Waals surface area contributed by atoms with Crippen LogP contribution in [-0.4, -0.2) is 51.7 Å². The molecule has 0 radical (unpaired) electrons. The molecule has 3 N–H and O–H groups in total. The Morgan fingerprint density at radius 2 is 1.89 bits per heavy atom. The summed E-state index contributed by atoms with van der Waals surface area (Å²) in [6.45, 7) is 8.73. The van der Waals surface area contributed by atoms with Crippen molar-refractivity contribution in [2.24, 2.45) is 5.73 Å². The second-order valence-electron chi connectivity index (χ2n) is 9.65. The van der Waals surface area contributed by atoms with Crippen LogP contribution in [0.25, 0.3) is 33.7 Å². The van der Waals surface area contributed by atoms with Crippen molar-refractivity contribution in [3.05, 3.63) is 72.2 Å². The summed E-state index contributed by atoms with van der Waals surface area (Å²) < 4.78 is 5.49. The van der Waals surface area contributed by atoms with E-state index >= 15 is 0 Å². The molecule has 5 rings (SSSR count). The van der Waals surface area contributed by atoms with Gasteiger partial charge in [-0.1, -0.05) is 27.7 Å². The van der Waals surface area contributed by atoms with Crippen LogP contribution in [0.15, 0.2) is 55.4 Å². The number of pyridine rings is 1. The quantitative estimate of drug-likeness (QED) is 0.335. The summed E-state index contributed by atoms with van der Waals surface area (Å²) in [5.74, 6) is -0.189. The van der Waals surface area contributed by atoms with E-state index in [1.54, 1.807) is 29.5 Å². The number of aliphatic hydroxyl groups is 1. The molecule has 10 nitrogen and oxygen atoms in total. The molecular weight excluding hydrogens is 468 g/mol. The third-order valence-corrected chi connectivity index (χ3v) is 6.41. The minimum absolute atomic E-state index is 0.0243. The van der Waals surface area contributed by atoms with Crippen LogP contribution in [0.2, 0.25) is 0 Å². The van der Waals surface area contributed by atoms with E-state index in [0.717, 1.165) is 39.3 Å². The molecule has 5 aromatic rings. The van der Waals surface area contributed by atoms with Crippen LogP contribution in [0.3, 0.4) is 0 Å². The molecule has 0 bridgehead atoms. The molecule has 0 aliphatic carbocycles. The van der Waals surface area contributed by atoms with Gasteiger partial charge in [0.05, 0.1) is 53.8 Å². The number of imidazole rings is 1. The minimum Gasteiger partial charge on any atom is -0.394 e. The van der Waals surface area contributed by atoms with Gasteiger partial charge in [-0.25, -0.2) is 14.6 Å². The molecule has 0 saturated carbocycles. The van der Waals surface area contributed by atoms with Crippen molar-refractivity contribution in [1.82, 2.24) is 34.1 Å². The molecule has 0 aliphatic heterocycles. The Morgan fingerprint density at radius 1 is 1.08 bits per heavy atom. The zero-order chi connectivity index (χ0) is 26.3. The van der Waals surface area contributed by atoms with E-state index in [0.29, 0.717) is 17.8 Å². The zero-order valence-electron chi connectivity index (χ0n) is 21.3. The molecule has 190 valence electrons. The number of benzene rings is 1. The maximum Gasteiger partial charge on any atom is 0.248 e. The molecule has 1 aromatic carbocycles. The fourth-order valence-electron chi connectivity index (χ4n) is 4.56. The lowest BCUT2D eigenvalue weighted by Gasteiger charge is -2.13. The summed E-state index contributed by atoms with van der Waals surface area (Å²) >= 11 is 0. The van der Waals surface area contributed by atoms with E-state index < -0.39 is 5.91 Å². The molecule has 4 heterocycles. The first-order chi connectivity index (χ1) is 17.8. The number of amides is 1. The van der Waals surface area contributed by atoms with Crippen molar-refractivity contribution in [2.75, 3.05) is 6.61 Å². The van der Waals surface area contributed by atoms with E-state index in [9.17, 15) is 9.90 Å². The Kier molecular flexibility index (Phi) is 6.34. The number of aromatic nitrogens is 7. The fourth-order valence-corrected chi connectivity index (χ4v) is 4.56. The number of hydrogen-bond donors (Lipinski definition) is 2. The van der Waals surface area contributed by atoms with E-state index in [-0.39, 0.29) is 18.4 Å². The van der Waals surface area contributed by atoms with Gasteiger partial charge in [-0.3, -0.25) is 9.48 Å². The third kappa shape index (κ3) is 4.40. The van der Waals surface area contributed by atoms with Gasteiger partial charge in [0.2, 0.25) is 5.91 Å². The number of rotatable bonds is 8. The highest BCUT2D eigenvalue weighted by molar-refractivity contribution is 5.95. The van der Waals surface area contributed by atoms with Gasteiger partial charge in [0, 0.05) is 29.7 Å². The van der Waals surface area contributed by atoms with Crippen molar-refractivity contribution in [3.63, 3.8) is 0 Å². The van der Waals surface area contributed by atoms with E-state index in [4.69, 9.17) is 15.8 Å². The average molecular weight is 499 g/mol. The molecule has 0 fully saturated rings. The van der Waals surface area contributed by atoms with Crippen LogP contribution >= 0.6 is 0 Å². The number of nitrogens with two attached hydrogens (primary N) is 1. The first-order valence-corrected chi connectivity index (χ1v) is 12.3. The molecule has 4 aromatic heterocycles. The molecule has 0 aliphatic rings. The van der Waals surface area contributed by atoms with Crippen molar-refractivity contribution >= 4 is 16.9 Å². The molecule has 1 amide bonds. The number of hydrogen-bond acceptors (Lipinski definition) is 6. The Bertz CT molecular complexity index is 1590. The Balaban J connectivity index is 1.65. The largest absolute Gasteiger partial charge is 0.394 e. The number of carbonyl (C=O) groups excluding carboxylic acids is 1. The Morgan fingerprint density at radius 3 is 2.59 bits per heavy atom. The summed E-state index contributed by atoms with van der Waals surface area (Å²) in [5.41, 5.74) is 12.0. The predicted molar refractivity (Wildman–Crippen MR) is 141 cm³/mol. The SMILES string of the molecule is CC(C)c1cc(-n2nc(C(C)C)c3c(-n4cnc(-c5cnn(CCO)c5)c4)ccnc32)ccc1C(N)=O. The number of aliphatic hydroxyl groups excluding tert-OH is 1. The highest BCUT2D eigenvalue weighted by atomic mass is 16.3. The minimum atomic E-state index is -0.443. The van der Waals surface area contributed by atoms with Gasteiger partial charge in [-0.15, -0.1) is 0 Å². The van der Waals surface area contributed by atoms with Crippen molar-refractivity contribution in [1.29, 1.82) is 0 Å². The molecule has 0 unspecified atom stereocenters. The second kappa shape index (κ2) is 9.62. The summed E-state index contributed by atoms with van der Waals surface area (Å²) in [5, 5.41) is 19.4. The lowest BCUT2D eigenvalue weighted by molar-refractivity contribution is 0.0999. The van der Waals surface area contributed by atoms with Crippen molar-refractivity contribution in [3.8, 4) is 22.6 Å². The fraction of sp³-hybridized carbons (Fsp3) is 0.296. The topological polar surface area (TPSA) is 130 Å². The maximum absolute atomic E-state index is 12.0. The van der Waals surface area contributed by atoms with Gasteiger partial charge in [0.25, 0.3) is 0 Å². The Labute approximate surface area is 214 Å². The van der Waals surface area contributed by atoms with Gasteiger partial charge in [-0.2, -0.15) is 10.2 Å². The molecule has 0 atom stereocenters. The van der Waals surface area contributed by atoms with Crippen LogP contribution < -0.4 is 5.73 Å². The van der Waals surface area contributed by atoms with Crippen LogP contribution in [0.4, 0.5) is 0 Å². The predicted octanol–water partition coefficient (Wildman–Crippen LogP) is 3.81. The highest BCUT2D eigenvalue weighted by Gasteiger charge is 2.21. The first-order valence-electron chi connectivity index (χ1n) is 12.3. The lowest BCUT2D eigenvalue weighted by Crippen LogP contribution is -2.15. The molecule has 10 heteroatoms. The van der Waals surface area contributed by atoms with Gasteiger partial charge >= 0.3 is 0 Å². The van der Waals surface area contributed by atoms with Crippen molar-refractivity contribution in [2.45, 2.75) is 46.1 Å². The summed E-state index contributed by atoms with van der Waals surface area (Å²) in [6, 6.07) is 7.54. The molecule has 0 saturated heterocycles.